The quantitative estimate of drug-likeness (QED) is 0.544. The second-order valence-corrected chi connectivity index (χ2v) is 4.12. The monoisotopic (exact) mass is 260 g/mol. The van der Waals surface area contributed by atoms with Crippen LogP contribution in [0, 0.1) is 0 Å². The summed E-state index contributed by atoms with van der Waals surface area (Å²) in [7, 11) is 1.81. The fraction of sp³-hybridized carbons (Fsp3) is 0.143. The average molecular weight is 260 g/mol. The molecule has 0 aliphatic carbocycles. The molecule has 2 rings (SSSR count). The van der Waals surface area contributed by atoms with Gasteiger partial charge in [-0.3, -0.25) is 0 Å². The van der Waals surface area contributed by atoms with Gasteiger partial charge in [-0.15, -0.1) is 0 Å². The summed E-state index contributed by atoms with van der Waals surface area (Å²) in [6.07, 6.45) is -1.06. The summed E-state index contributed by atoms with van der Waals surface area (Å²) < 4.78 is 0. The number of aromatic hydroxyl groups is 2. The van der Waals surface area contributed by atoms with Gasteiger partial charge in [0.15, 0.2) is 6.23 Å². The third-order valence-electron chi connectivity index (χ3n) is 2.76. The van der Waals surface area contributed by atoms with Crippen LogP contribution in [0.3, 0.4) is 0 Å². The number of anilines is 2. The van der Waals surface area contributed by atoms with Crippen LogP contribution in [-0.4, -0.2) is 22.4 Å². The Morgan fingerprint density at radius 3 is 2.42 bits per heavy atom. The molecular formula is C14H16N2O3. The van der Waals surface area contributed by atoms with Gasteiger partial charge in [0.25, 0.3) is 0 Å². The zero-order chi connectivity index (χ0) is 13.8. The fourth-order valence-electron chi connectivity index (χ4n) is 1.76. The Hall–Kier alpha value is -2.40. The lowest BCUT2D eigenvalue weighted by Gasteiger charge is -2.16. The second-order valence-electron chi connectivity index (χ2n) is 4.12. The van der Waals surface area contributed by atoms with Crippen molar-refractivity contribution in [3.8, 4) is 11.5 Å². The highest BCUT2D eigenvalue weighted by Gasteiger charge is 2.12. The molecular weight excluding hydrogens is 244 g/mol. The number of phenolic OH excluding ortho intramolecular Hbond substituents is 2. The molecule has 0 radical (unpaired) electrons. The van der Waals surface area contributed by atoms with Gasteiger partial charge in [-0.05, 0) is 30.3 Å². The molecule has 0 amide bonds. The highest BCUT2D eigenvalue weighted by atomic mass is 16.3. The van der Waals surface area contributed by atoms with Crippen molar-refractivity contribution in [3.63, 3.8) is 0 Å². The molecule has 19 heavy (non-hydrogen) atoms. The molecule has 1 atom stereocenters. The number of rotatable bonds is 4. The number of hydrogen-bond donors (Lipinski definition) is 5. The third kappa shape index (κ3) is 3.08. The molecule has 5 nitrogen and oxygen atoms in total. The Morgan fingerprint density at radius 2 is 1.74 bits per heavy atom. The summed E-state index contributed by atoms with van der Waals surface area (Å²) >= 11 is 0. The molecule has 0 spiro atoms. The van der Waals surface area contributed by atoms with Crippen molar-refractivity contribution in [1.82, 2.24) is 0 Å². The minimum atomic E-state index is -1.06. The van der Waals surface area contributed by atoms with Crippen LogP contribution in [0.15, 0.2) is 42.5 Å². The molecule has 2 aromatic carbocycles. The number of aliphatic hydroxyl groups excluding tert-OH is 1. The van der Waals surface area contributed by atoms with E-state index in [0.29, 0.717) is 11.3 Å². The van der Waals surface area contributed by atoms with Crippen LogP contribution >= 0.6 is 0 Å². The molecule has 1 unspecified atom stereocenters. The van der Waals surface area contributed by atoms with Crippen molar-refractivity contribution < 1.29 is 15.3 Å². The predicted octanol–water partition coefficient (Wildman–Crippen LogP) is 2.24. The zero-order valence-corrected chi connectivity index (χ0v) is 10.5. The van der Waals surface area contributed by atoms with Gasteiger partial charge in [-0.1, -0.05) is 6.07 Å². The molecule has 0 heterocycles. The SMILES string of the molecule is CNc1cccc(NC(O)c2ccc(O)cc2O)c1. The molecule has 100 valence electrons. The molecule has 5 N–H and O–H groups in total. The molecule has 0 saturated carbocycles. The molecule has 0 aliphatic rings. The summed E-state index contributed by atoms with van der Waals surface area (Å²) in [6, 6.07) is 11.4. The van der Waals surface area contributed by atoms with Gasteiger partial charge in [0, 0.05) is 30.1 Å². The van der Waals surface area contributed by atoms with Crippen molar-refractivity contribution in [2.75, 3.05) is 17.7 Å². The fourth-order valence-corrected chi connectivity index (χ4v) is 1.76. The van der Waals surface area contributed by atoms with Crippen LogP contribution in [0.2, 0.25) is 0 Å². The van der Waals surface area contributed by atoms with E-state index in [1.165, 1.54) is 18.2 Å². The highest BCUT2D eigenvalue weighted by molar-refractivity contribution is 5.57. The number of nitrogens with one attached hydrogen (secondary N) is 2. The highest BCUT2D eigenvalue weighted by Crippen LogP contribution is 2.29. The molecule has 0 fully saturated rings. The van der Waals surface area contributed by atoms with E-state index in [1.807, 2.05) is 24.3 Å². The van der Waals surface area contributed by atoms with Crippen LogP contribution in [0.5, 0.6) is 11.5 Å². The Morgan fingerprint density at radius 1 is 1.00 bits per heavy atom. The smallest absolute Gasteiger partial charge is 0.154 e. The normalized spacial score (nSPS) is 11.9. The van der Waals surface area contributed by atoms with Gasteiger partial charge in [0.1, 0.15) is 11.5 Å². The van der Waals surface area contributed by atoms with E-state index < -0.39 is 6.23 Å². The first kappa shape index (κ1) is 13.0. The van der Waals surface area contributed by atoms with Crippen LogP contribution in [0.4, 0.5) is 11.4 Å². The van der Waals surface area contributed by atoms with Gasteiger partial charge >= 0.3 is 0 Å². The van der Waals surface area contributed by atoms with Gasteiger partial charge in [-0.2, -0.15) is 0 Å². The van der Waals surface area contributed by atoms with E-state index in [9.17, 15) is 15.3 Å². The maximum Gasteiger partial charge on any atom is 0.154 e. The zero-order valence-electron chi connectivity index (χ0n) is 10.5. The van der Waals surface area contributed by atoms with E-state index in [1.54, 1.807) is 7.05 Å². The number of benzene rings is 2. The summed E-state index contributed by atoms with van der Waals surface area (Å²) in [6.45, 7) is 0. The maximum absolute atomic E-state index is 10.0. The Kier molecular flexibility index (Phi) is 3.77. The second kappa shape index (κ2) is 5.49. The maximum atomic E-state index is 10.0. The molecule has 0 saturated heterocycles. The topological polar surface area (TPSA) is 84.8 Å². The van der Waals surface area contributed by atoms with Crippen LogP contribution in [0.1, 0.15) is 11.8 Å². The predicted molar refractivity (Wildman–Crippen MR) is 74.3 cm³/mol. The van der Waals surface area contributed by atoms with Crippen molar-refractivity contribution in [3.05, 3.63) is 48.0 Å². The lowest BCUT2D eigenvalue weighted by molar-refractivity contribution is 0.203. The Balaban J connectivity index is 2.17. The van der Waals surface area contributed by atoms with E-state index in [4.69, 9.17) is 0 Å². The summed E-state index contributed by atoms with van der Waals surface area (Å²) in [5.74, 6) is -0.213. The number of aliphatic hydroxyl groups is 1. The van der Waals surface area contributed by atoms with Crippen molar-refractivity contribution in [2.24, 2.45) is 0 Å². The number of phenols is 2. The molecule has 0 aliphatic heterocycles. The minimum absolute atomic E-state index is 0.0503. The van der Waals surface area contributed by atoms with Gasteiger partial charge < -0.3 is 26.0 Å². The van der Waals surface area contributed by atoms with Crippen LogP contribution in [-0.2, 0) is 0 Å². The van der Waals surface area contributed by atoms with Gasteiger partial charge in [-0.25, -0.2) is 0 Å². The minimum Gasteiger partial charge on any atom is -0.508 e. The van der Waals surface area contributed by atoms with Crippen molar-refractivity contribution in [2.45, 2.75) is 6.23 Å². The lowest BCUT2D eigenvalue weighted by atomic mass is 10.1. The summed E-state index contributed by atoms with van der Waals surface area (Å²) in [5, 5.41) is 34.8. The molecule has 5 heteroatoms. The van der Waals surface area contributed by atoms with Crippen molar-refractivity contribution >= 4 is 11.4 Å². The summed E-state index contributed by atoms with van der Waals surface area (Å²) in [4.78, 5) is 0. The third-order valence-corrected chi connectivity index (χ3v) is 2.76. The number of hydrogen-bond acceptors (Lipinski definition) is 5. The van der Waals surface area contributed by atoms with E-state index >= 15 is 0 Å². The first-order valence-corrected chi connectivity index (χ1v) is 5.84. The van der Waals surface area contributed by atoms with E-state index in [2.05, 4.69) is 10.6 Å². The average Bonchev–Trinajstić information content (AvgIpc) is 2.38. The van der Waals surface area contributed by atoms with Gasteiger partial charge in [0.05, 0.1) is 0 Å². The van der Waals surface area contributed by atoms with Crippen LogP contribution in [0.25, 0.3) is 0 Å². The lowest BCUT2D eigenvalue weighted by Crippen LogP contribution is -2.09. The van der Waals surface area contributed by atoms with E-state index in [-0.39, 0.29) is 11.5 Å². The Labute approximate surface area is 111 Å². The Bertz CT molecular complexity index is 572. The molecule has 0 bridgehead atoms. The van der Waals surface area contributed by atoms with Crippen molar-refractivity contribution in [1.29, 1.82) is 0 Å². The first-order chi connectivity index (χ1) is 9.10. The van der Waals surface area contributed by atoms with Gasteiger partial charge in [0.2, 0.25) is 0 Å². The van der Waals surface area contributed by atoms with E-state index in [0.717, 1.165) is 5.69 Å². The molecule has 2 aromatic rings. The largest absolute Gasteiger partial charge is 0.508 e. The molecule has 0 aromatic heterocycles. The standard InChI is InChI=1S/C14H16N2O3/c1-15-9-3-2-4-10(7-9)16-14(19)12-6-5-11(17)8-13(12)18/h2-8,14-19H,1H3. The van der Waals surface area contributed by atoms with Crippen LogP contribution < -0.4 is 10.6 Å². The first-order valence-electron chi connectivity index (χ1n) is 5.84. The summed E-state index contributed by atoms with van der Waals surface area (Å²) in [5.41, 5.74) is 1.92.